The summed E-state index contributed by atoms with van der Waals surface area (Å²) in [7, 11) is 1.66. The Bertz CT molecular complexity index is 424. The SMILES string of the molecule is CNC(=O)[C@@H]1C[C@@H](N)CN1CCOCc1ccccc1. The molecule has 0 spiro atoms. The summed E-state index contributed by atoms with van der Waals surface area (Å²) in [6, 6.07) is 10.0. The van der Waals surface area contributed by atoms with Crippen molar-refractivity contribution in [3.05, 3.63) is 35.9 Å². The molecule has 0 saturated carbocycles. The highest BCUT2D eigenvalue weighted by Crippen LogP contribution is 2.16. The number of benzene rings is 1. The summed E-state index contributed by atoms with van der Waals surface area (Å²) in [6.07, 6.45) is 0.721. The van der Waals surface area contributed by atoms with Crippen molar-refractivity contribution in [1.82, 2.24) is 10.2 Å². The molecule has 3 N–H and O–H groups in total. The second kappa shape index (κ2) is 7.38. The first kappa shape index (κ1) is 15.0. The number of nitrogens with one attached hydrogen (secondary N) is 1. The number of likely N-dealkylation sites (tertiary alicyclic amines) is 1. The maximum atomic E-state index is 11.8. The van der Waals surface area contributed by atoms with E-state index < -0.39 is 0 Å². The Hall–Kier alpha value is -1.43. The molecule has 2 rings (SSSR count). The van der Waals surface area contributed by atoms with E-state index in [1.807, 2.05) is 30.3 Å². The van der Waals surface area contributed by atoms with Gasteiger partial charge in [0.05, 0.1) is 19.3 Å². The molecule has 5 nitrogen and oxygen atoms in total. The van der Waals surface area contributed by atoms with Gasteiger partial charge in [-0.3, -0.25) is 9.69 Å². The van der Waals surface area contributed by atoms with Gasteiger partial charge in [-0.1, -0.05) is 30.3 Å². The lowest BCUT2D eigenvalue weighted by Gasteiger charge is -2.22. The van der Waals surface area contributed by atoms with Gasteiger partial charge < -0.3 is 15.8 Å². The molecular formula is C15H23N3O2. The Morgan fingerprint density at radius 2 is 2.20 bits per heavy atom. The second-order valence-corrected chi connectivity index (χ2v) is 5.16. The van der Waals surface area contributed by atoms with E-state index in [2.05, 4.69) is 10.2 Å². The molecule has 1 aliphatic rings. The maximum Gasteiger partial charge on any atom is 0.237 e. The molecule has 110 valence electrons. The fraction of sp³-hybridized carbons (Fsp3) is 0.533. The first-order valence-electron chi connectivity index (χ1n) is 7.03. The number of nitrogens with zero attached hydrogens (tertiary/aromatic N) is 1. The van der Waals surface area contributed by atoms with Crippen LogP contribution < -0.4 is 11.1 Å². The standard InChI is InChI=1S/C15H23N3O2/c1-17-15(19)14-9-13(16)10-18(14)7-8-20-11-12-5-3-2-4-6-12/h2-6,13-14H,7-11,16H2,1H3,(H,17,19)/t13-,14+/m1/s1. The van der Waals surface area contributed by atoms with Gasteiger partial charge in [-0.15, -0.1) is 0 Å². The molecule has 1 aromatic rings. The molecule has 1 aliphatic heterocycles. The molecule has 2 atom stereocenters. The third-order valence-corrected chi connectivity index (χ3v) is 3.62. The minimum Gasteiger partial charge on any atom is -0.375 e. The topological polar surface area (TPSA) is 67.6 Å². The number of likely N-dealkylation sites (N-methyl/N-ethyl adjacent to an activating group) is 1. The highest BCUT2D eigenvalue weighted by Gasteiger charge is 2.34. The van der Waals surface area contributed by atoms with Crippen LogP contribution in [0.5, 0.6) is 0 Å². The van der Waals surface area contributed by atoms with Gasteiger partial charge in [0.15, 0.2) is 0 Å². The minimum absolute atomic E-state index is 0.0426. The Morgan fingerprint density at radius 3 is 2.90 bits per heavy atom. The average Bonchev–Trinajstić information content (AvgIpc) is 2.85. The lowest BCUT2D eigenvalue weighted by Crippen LogP contribution is -2.43. The van der Waals surface area contributed by atoms with E-state index in [1.165, 1.54) is 0 Å². The van der Waals surface area contributed by atoms with Gasteiger partial charge in [0, 0.05) is 26.2 Å². The van der Waals surface area contributed by atoms with Crippen LogP contribution in [-0.4, -0.2) is 49.6 Å². The maximum absolute atomic E-state index is 11.8. The first-order valence-corrected chi connectivity index (χ1v) is 7.03. The Balaban J connectivity index is 1.74. The summed E-state index contributed by atoms with van der Waals surface area (Å²) in [5.41, 5.74) is 7.10. The van der Waals surface area contributed by atoms with Crippen molar-refractivity contribution < 1.29 is 9.53 Å². The van der Waals surface area contributed by atoms with Gasteiger partial charge in [-0.2, -0.15) is 0 Å². The molecule has 1 aromatic carbocycles. The molecule has 0 unspecified atom stereocenters. The van der Waals surface area contributed by atoms with E-state index in [9.17, 15) is 4.79 Å². The van der Waals surface area contributed by atoms with Crippen LogP contribution in [0.25, 0.3) is 0 Å². The highest BCUT2D eigenvalue weighted by molar-refractivity contribution is 5.81. The summed E-state index contributed by atoms with van der Waals surface area (Å²) in [4.78, 5) is 13.9. The van der Waals surface area contributed by atoms with E-state index >= 15 is 0 Å². The van der Waals surface area contributed by atoms with Gasteiger partial charge in [-0.05, 0) is 12.0 Å². The van der Waals surface area contributed by atoms with Gasteiger partial charge in [0.2, 0.25) is 5.91 Å². The van der Waals surface area contributed by atoms with E-state index in [4.69, 9.17) is 10.5 Å². The number of hydrogen-bond acceptors (Lipinski definition) is 4. The number of hydrogen-bond donors (Lipinski definition) is 2. The molecule has 20 heavy (non-hydrogen) atoms. The molecule has 0 aromatic heterocycles. The molecule has 1 amide bonds. The zero-order chi connectivity index (χ0) is 14.4. The predicted octanol–water partition coefficient (Wildman–Crippen LogP) is 0.351. The second-order valence-electron chi connectivity index (χ2n) is 5.16. The van der Waals surface area contributed by atoms with Crippen molar-refractivity contribution in [3.8, 4) is 0 Å². The van der Waals surface area contributed by atoms with Gasteiger partial charge in [0.1, 0.15) is 0 Å². The zero-order valence-corrected chi connectivity index (χ0v) is 11.9. The molecule has 0 aliphatic carbocycles. The zero-order valence-electron chi connectivity index (χ0n) is 11.9. The molecule has 0 radical (unpaired) electrons. The number of amides is 1. The average molecular weight is 277 g/mol. The fourth-order valence-corrected chi connectivity index (χ4v) is 2.57. The number of carbonyl (C=O) groups excluding carboxylic acids is 1. The lowest BCUT2D eigenvalue weighted by atomic mass is 10.1. The van der Waals surface area contributed by atoms with Crippen LogP contribution in [0.15, 0.2) is 30.3 Å². The van der Waals surface area contributed by atoms with Gasteiger partial charge in [0.25, 0.3) is 0 Å². The summed E-state index contributed by atoms with van der Waals surface area (Å²) >= 11 is 0. The largest absolute Gasteiger partial charge is 0.375 e. The van der Waals surface area contributed by atoms with Crippen molar-refractivity contribution in [3.63, 3.8) is 0 Å². The summed E-state index contributed by atoms with van der Waals surface area (Å²) in [6.45, 7) is 2.70. The number of carbonyl (C=O) groups is 1. The summed E-state index contributed by atoms with van der Waals surface area (Å²) in [5.74, 6) is 0.0426. The molecule has 5 heteroatoms. The third-order valence-electron chi connectivity index (χ3n) is 3.62. The lowest BCUT2D eigenvalue weighted by molar-refractivity contribution is -0.125. The Kier molecular flexibility index (Phi) is 5.52. The normalized spacial score (nSPS) is 22.9. The molecule has 1 saturated heterocycles. The van der Waals surface area contributed by atoms with Crippen LogP contribution in [0.2, 0.25) is 0 Å². The molecule has 1 fully saturated rings. The predicted molar refractivity (Wildman–Crippen MR) is 78.1 cm³/mol. The van der Waals surface area contributed by atoms with Crippen molar-refractivity contribution in [2.45, 2.75) is 25.1 Å². The monoisotopic (exact) mass is 277 g/mol. The third kappa shape index (κ3) is 4.03. The van der Waals surface area contributed by atoms with Crippen molar-refractivity contribution in [2.24, 2.45) is 5.73 Å². The van der Waals surface area contributed by atoms with E-state index in [-0.39, 0.29) is 18.0 Å². The van der Waals surface area contributed by atoms with Crippen LogP contribution in [0.1, 0.15) is 12.0 Å². The van der Waals surface area contributed by atoms with Crippen LogP contribution in [0, 0.1) is 0 Å². The quantitative estimate of drug-likeness (QED) is 0.736. The molecule has 0 bridgehead atoms. The Morgan fingerprint density at radius 1 is 1.45 bits per heavy atom. The summed E-state index contributed by atoms with van der Waals surface area (Å²) < 4.78 is 5.66. The first-order chi connectivity index (χ1) is 9.70. The van der Waals surface area contributed by atoms with Crippen LogP contribution in [-0.2, 0) is 16.1 Å². The van der Waals surface area contributed by atoms with Gasteiger partial charge in [-0.25, -0.2) is 0 Å². The minimum atomic E-state index is -0.115. The van der Waals surface area contributed by atoms with Crippen LogP contribution >= 0.6 is 0 Å². The fourth-order valence-electron chi connectivity index (χ4n) is 2.57. The molecule has 1 heterocycles. The number of nitrogens with two attached hydrogens (primary N) is 1. The van der Waals surface area contributed by atoms with E-state index in [0.29, 0.717) is 13.2 Å². The molecular weight excluding hydrogens is 254 g/mol. The number of rotatable bonds is 6. The highest BCUT2D eigenvalue weighted by atomic mass is 16.5. The van der Waals surface area contributed by atoms with E-state index in [1.54, 1.807) is 7.05 Å². The Labute approximate surface area is 120 Å². The van der Waals surface area contributed by atoms with Crippen LogP contribution in [0.4, 0.5) is 0 Å². The van der Waals surface area contributed by atoms with Crippen molar-refractivity contribution in [2.75, 3.05) is 26.7 Å². The van der Waals surface area contributed by atoms with Gasteiger partial charge >= 0.3 is 0 Å². The smallest absolute Gasteiger partial charge is 0.237 e. The van der Waals surface area contributed by atoms with Crippen molar-refractivity contribution >= 4 is 5.91 Å². The number of ether oxygens (including phenoxy) is 1. The summed E-state index contributed by atoms with van der Waals surface area (Å²) in [5, 5.41) is 2.70. The van der Waals surface area contributed by atoms with Crippen molar-refractivity contribution in [1.29, 1.82) is 0 Å². The van der Waals surface area contributed by atoms with Crippen LogP contribution in [0.3, 0.4) is 0 Å². The van der Waals surface area contributed by atoms with E-state index in [0.717, 1.165) is 25.1 Å².